The van der Waals surface area contributed by atoms with Crippen LogP contribution in [0, 0.1) is 12.8 Å². The zero-order chi connectivity index (χ0) is 24.3. The van der Waals surface area contributed by atoms with Gasteiger partial charge in [0.2, 0.25) is 11.8 Å². The van der Waals surface area contributed by atoms with Crippen molar-refractivity contribution in [2.75, 3.05) is 12.3 Å². The smallest absolute Gasteiger partial charge is 0.243 e. The lowest BCUT2D eigenvalue weighted by molar-refractivity contribution is -0.139. The van der Waals surface area contributed by atoms with Gasteiger partial charge < -0.3 is 10.2 Å². The van der Waals surface area contributed by atoms with Crippen molar-refractivity contribution in [2.24, 2.45) is 5.92 Å². The van der Waals surface area contributed by atoms with Crippen molar-refractivity contribution in [3.8, 4) is 0 Å². The summed E-state index contributed by atoms with van der Waals surface area (Å²) in [5.41, 5.74) is 3.19. The van der Waals surface area contributed by atoms with Crippen LogP contribution in [0.15, 0.2) is 89.8 Å². The molecule has 1 atom stereocenters. The normalized spacial score (nSPS) is 11.8. The number of carbonyl (C=O) groups excluding carboxylic acids is 2. The van der Waals surface area contributed by atoms with Crippen LogP contribution in [0.1, 0.15) is 30.5 Å². The Bertz CT molecular complexity index is 1050. The van der Waals surface area contributed by atoms with E-state index in [2.05, 4.69) is 25.2 Å². The summed E-state index contributed by atoms with van der Waals surface area (Å²) in [5, 5.41) is 3.07. The molecule has 0 saturated heterocycles. The molecule has 3 rings (SSSR count). The second kappa shape index (κ2) is 13.0. The highest BCUT2D eigenvalue weighted by Crippen LogP contribution is 2.21. The molecule has 1 N–H and O–H groups in total. The van der Waals surface area contributed by atoms with Crippen LogP contribution in [0.5, 0.6) is 0 Å². The molecule has 2 amide bonds. The highest BCUT2D eigenvalue weighted by Gasteiger charge is 2.30. The standard InChI is InChI=1S/C29H34N2O2S/c1-22(2)19-30-29(33)27(18-24-12-6-4-7-13-24)31(20-25-14-10-11-23(3)17-25)28(32)21-34-26-15-8-5-9-16-26/h4-17,22,27H,18-21H2,1-3H3,(H,30,33). The van der Waals surface area contributed by atoms with Crippen molar-refractivity contribution < 1.29 is 9.59 Å². The summed E-state index contributed by atoms with van der Waals surface area (Å²) in [6, 6.07) is 27.4. The minimum Gasteiger partial charge on any atom is -0.354 e. The van der Waals surface area contributed by atoms with Crippen LogP contribution in [0.4, 0.5) is 0 Å². The lowest BCUT2D eigenvalue weighted by atomic mass is 10.0. The molecule has 0 aromatic heterocycles. The molecule has 34 heavy (non-hydrogen) atoms. The number of carbonyl (C=O) groups is 2. The topological polar surface area (TPSA) is 49.4 Å². The quantitative estimate of drug-likeness (QED) is 0.373. The van der Waals surface area contributed by atoms with Crippen molar-refractivity contribution in [3.63, 3.8) is 0 Å². The van der Waals surface area contributed by atoms with Gasteiger partial charge in [-0.05, 0) is 36.1 Å². The van der Waals surface area contributed by atoms with Gasteiger partial charge in [-0.3, -0.25) is 9.59 Å². The average molecular weight is 475 g/mol. The van der Waals surface area contributed by atoms with Crippen molar-refractivity contribution in [2.45, 2.75) is 44.7 Å². The summed E-state index contributed by atoms with van der Waals surface area (Å²) in [6.07, 6.45) is 0.471. The molecule has 0 aliphatic heterocycles. The summed E-state index contributed by atoms with van der Waals surface area (Å²) in [7, 11) is 0. The van der Waals surface area contributed by atoms with E-state index in [0.717, 1.165) is 21.6 Å². The summed E-state index contributed by atoms with van der Waals surface area (Å²) in [6.45, 7) is 7.15. The highest BCUT2D eigenvalue weighted by atomic mass is 32.2. The van der Waals surface area contributed by atoms with Crippen molar-refractivity contribution in [1.29, 1.82) is 0 Å². The molecule has 5 heteroatoms. The number of nitrogens with zero attached hydrogens (tertiary/aromatic N) is 1. The fourth-order valence-corrected chi connectivity index (χ4v) is 4.53. The van der Waals surface area contributed by atoms with Gasteiger partial charge in [0.25, 0.3) is 0 Å². The first-order valence-electron chi connectivity index (χ1n) is 11.8. The molecule has 3 aromatic rings. The third kappa shape index (κ3) is 8.07. The molecule has 4 nitrogen and oxygen atoms in total. The van der Waals surface area contributed by atoms with Crippen molar-refractivity contribution in [1.82, 2.24) is 10.2 Å². The van der Waals surface area contributed by atoms with Gasteiger partial charge >= 0.3 is 0 Å². The maximum Gasteiger partial charge on any atom is 0.243 e. The summed E-state index contributed by atoms with van der Waals surface area (Å²) in [4.78, 5) is 29.8. The zero-order valence-electron chi connectivity index (χ0n) is 20.2. The van der Waals surface area contributed by atoms with E-state index in [-0.39, 0.29) is 17.6 Å². The molecule has 0 radical (unpaired) electrons. The van der Waals surface area contributed by atoms with Gasteiger partial charge in [-0.25, -0.2) is 0 Å². The molecule has 0 saturated carbocycles. The third-order valence-corrected chi connectivity index (χ3v) is 6.49. The van der Waals surface area contributed by atoms with Gasteiger partial charge in [0, 0.05) is 24.4 Å². The van der Waals surface area contributed by atoms with Gasteiger partial charge in [-0.1, -0.05) is 92.2 Å². The van der Waals surface area contributed by atoms with Crippen LogP contribution >= 0.6 is 11.8 Å². The van der Waals surface area contributed by atoms with Crippen molar-refractivity contribution >= 4 is 23.6 Å². The number of rotatable bonds is 11. The molecule has 0 fully saturated rings. The molecule has 178 valence electrons. The molecular formula is C29H34N2O2S. The SMILES string of the molecule is Cc1cccc(CN(C(=O)CSc2ccccc2)C(Cc2ccccc2)C(=O)NCC(C)C)c1. The van der Waals surface area contributed by atoms with E-state index in [9.17, 15) is 9.59 Å². The van der Waals surface area contributed by atoms with Gasteiger partial charge in [0.15, 0.2) is 0 Å². The first kappa shape index (κ1) is 25.6. The Balaban J connectivity index is 1.89. The maximum absolute atomic E-state index is 13.6. The molecule has 0 spiro atoms. The van der Waals surface area contributed by atoms with Crippen LogP contribution < -0.4 is 5.32 Å². The number of thioether (sulfide) groups is 1. The molecule has 0 bridgehead atoms. The summed E-state index contributed by atoms with van der Waals surface area (Å²) in [5.74, 6) is 0.452. The van der Waals surface area contributed by atoms with Crippen LogP contribution in [-0.2, 0) is 22.6 Å². The Hall–Kier alpha value is -3.05. The molecule has 3 aromatic carbocycles. The highest BCUT2D eigenvalue weighted by molar-refractivity contribution is 8.00. The monoisotopic (exact) mass is 474 g/mol. The predicted octanol–water partition coefficient (Wildman–Crippen LogP) is 5.50. The van der Waals surface area contributed by atoms with Crippen LogP contribution in [0.2, 0.25) is 0 Å². The van der Waals surface area contributed by atoms with Gasteiger partial charge in [-0.2, -0.15) is 0 Å². The first-order valence-corrected chi connectivity index (χ1v) is 12.8. The van der Waals surface area contributed by atoms with E-state index in [0.29, 0.717) is 25.4 Å². The molecule has 0 aliphatic rings. The second-order valence-corrected chi connectivity index (χ2v) is 10.0. The minimum absolute atomic E-state index is 0.0454. The second-order valence-electron chi connectivity index (χ2n) is 8.96. The largest absolute Gasteiger partial charge is 0.354 e. The predicted molar refractivity (Wildman–Crippen MR) is 141 cm³/mol. The zero-order valence-corrected chi connectivity index (χ0v) is 21.1. The van der Waals surface area contributed by atoms with E-state index in [4.69, 9.17) is 0 Å². The Morgan fingerprint density at radius 2 is 1.53 bits per heavy atom. The Morgan fingerprint density at radius 3 is 2.18 bits per heavy atom. The van der Waals surface area contributed by atoms with Gasteiger partial charge in [0.1, 0.15) is 6.04 Å². The van der Waals surface area contributed by atoms with Gasteiger partial charge in [0.05, 0.1) is 5.75 Å². The lowest BCUT2D eigenvalue weighted by Gasteiger charge is -2.32. The molecule has 0 heterocycles. The van der Waals surface area contributed by atoms with Crippen LogP contribution in [0.25, 0.3) is 0 Å². The molecular weight excluding hydrogens is 440 g/mol. The number of aryl methyl sites for hydroxylation is 1. The van der Waals surface area contributed by atoms with Gasteiger partial charge in [-0.15, -0.1) is 11.8 Å². The van der Waals surface area contributed by atoms with E-state index in [1.807, 2.05) is 85.8 Å². The average Bonchev–Trinajstić information content (AvgIpc) is 2.84. The van der Waals surface area contributed by atoms with Crippen LogP contribution in [0.3, 0.4) is 0 Å². The Morgan fingerprint density at radius 1 is 0.882 bits per heavy atom. The number of hydrogen-bond donors (Lipinski definition) is 1. The Labute approximate surface area is 207 Å². The molecule has 0 aliphatic carbocycles. The fourth-order valence-electron chi connectivity index (χ4n) is 3.73. The number of benzene rings is 3. The fraction of sp³-hybridized carbons (Fsp3) is 0.310. The summed E-state index contributed by atoms with van der Waals surface area (Å²) >= 11 is 1.50. The minimum atomic E-state index is -0.592. The number of nitrogens with one attached hydrogen (secondary N) is 1. The molecule has 1 unspecified atom stereocenters. The van der Waals surface area contributed by atoms with E-state index in [1.165, 1.54) is 11.8 Å². The Kier molecular flexibility index (Phi) is 9.77. The lowest BCUT2D eigenvalue weighted by Crippen LogP contribution is -2.51. The van der Waals surface area contributed by atoms with Crippen LogP contribution in [-0.4, -0.2) is 35.1 Å². The van der Waals surface area contributed by atoms with E-state index in [1.54, 1.807) is 4.90 Å². The number of amides is 2. The summed E-state index contributed by atoms with van der Waals surface area (Å²) < 4.78 is 0. The maximum atomic E-state index is 13.6. The number of hydrogen-bond acceptors (Lipinski definition) is 3. The third-order valence-electron chi connectivity index (χ3n) is 5.50. The van der Waals surface area contributed by atoms with E-state index >= 15 is 0 Å². The van der Waals surface area contributed by atoms with Crippen molar-refractivity contribution in [3.05, 3.63) is 102 Å². The first-order chi connectivity index (χ1) is 16.4. The van der Waals surface area contributed by atoms with E-state index < -0.39 is 6.04 Å².